The van der Waals surface area contributed by atoms with E-state index in [4.69, 9.17) is 9.73 Å². The van der Waals surface area contributed by atoms with Crippen molar-refractivity contribution in [2.75, 3.05) is 39.3 Å². The number of benzene rings is 2. The summed E-state index contributed by atoms with van der Waals surface area (Å²) in [6.45, 7) is 9.64. The summed E-state index contributed by atoms with van der Waals surface area (Å²) in [5.41, 5.74) is 4.37. The van der Waals surface area contributed by atoms with Crippen LogP contribution in [0.1, 0.15) is 59.3 Å². The number of carbonyl (C=O) groups is 1. The Bertz CT molecular complexity index is 951. The minimum absolute atomic E-state index is 0.0453. The molecule has 2 aromatic carbocycles. The summed E-state index contributed by atoms with van der Waals surface area (Å²) in [7, 11) is 0. The average molecular weight is 449 g/mol. The molecule has 2 heterocycles. The fourth-order valence-electron chi connectivity index (χ4n) is 4.60. The lowest BCUT2D eigenvalue weighted by Gasteiger charge is -2.35. The third-order valence-electron chi connectivity index (χ3n) is 6.49. The van der Waals surface area contributed by atoms with Gasteiger partial charge in [0.05, 0.1) is 19.7 Å². The van der Waals surface area contributed by atoms with Crippen molar-refractivity contribution in [2.24, 2.45) is 4.99 Å². The van der Waals surface area contributed by atoms with Crippen LogP contribution in [-0.4, -0.2) is 61.0 Å². The molecule has 1 unspecified atom stereocenters. The first-order chi connectivity index (χ1) is 16.2. The Kier molecular flexibility index (Phi) is 8.00. The van der Waals surface area contributed by atoms with Gasteiger partial charge in [0, 0.05) is 31.7 Å². The Morgan fingerprint density at radius 1 is 1.03 bits per heavy atom. The second-order valence-corrected chi connectivity index (χ2v) is 8.88. The fourth-order valence-corrected chi connectivity index (χ4v) is 4.60. The van der Waals surface area contributed by atoms with Gasteiger partial charge < -0.3 is 19.9 Å². The van der Waals surface area contributed by atoms with Gasteiger partial charge in [0.15, 0.2) is 5.96 Å². The summed E-state index contributed by atoms with van der Waals surface area (Å²) in [5, 5.41) is 3.44. The lowest BCUT2D eigenvalue weighted by Crippen LogP contribution is -2.48. The highest BCUT2D eigenvalue weighted by atomic mass is 16.5. The summed E-state index contributed by atoms with van der Waals surface area (Å²) in [4.78, 5) is 21.9. The lowest BCUT2D eigenvalue weighted by molar-refractivity contribution is -0.00834. The number of aliphatic imine (C=N–C) groups is 1. The quantitative estimate of drug-likeness (QED) is 0.551. The Labute approximate surface area is 197 Å². The smallest absolute Gasteiger partial charge is 0.253 e. The topological polar surface area (TPSA) is 57.2 Å². The van der Waals surface area contributed by atoms with E-state index in [1.165, 1.54) is 17.5 Å². The number of nitrogens with zero attached hydrogens (tertiary/aromatic N) is 3. The standard InChI is InChI=1S/C27H36N4O2/c1-3-28-27(31-17-18-33-25(20-31)24-10-6-5-9-21(24)2)29-19-22-11-13-23(14-12-22)26(32)30-15-7-4-8-16-30/h5-6,9-14,25H,3-4,7-8,15-20H2,1-2H3,(H,28,29). The van der Waals surface area contributed by atoms with Crippen molar-refractivity contribution in [1.29, 1.82) is 0 Å². The normalized spacial score (nSPS) is 19.5. The van der Waals surface area contributed by atoms with E-state index in [2.05, 4.69) is 48.3 Å². The van der Waals surface area contributed by atoms with Crippen molar-refractivity contribution in [2.45, 2.75) is 45.8 Å². The molecular weight excluding hydrogens is 412 g/mol. The molecule has 1 amide bonds. The van der Waals surface area contributed by atoms with Crippen LogP contribution in [0.15, 0.2) is 53.5 Å². The van der Waals surface area contributed by atoms with E-state index in [1.807, 2.05) is 29.2 Å². The number of amides is 1. The van der Waals surface area contributed by atoms with Gasteiger partial charge in [0.1, 0.15) is 6.10 Å². The molecule has 0 aromatic heterocycles. The number of hydrogen-bond donors (Lipinski definition) is 1. The van der Waals surface area contributed by atoms with Gasteiger partial charge in [-0.1, -0.05) is 36.4 Å². The molecule has 4 rings (SSSR count). The number of carbonyl (C=O) groups excluding carboxylic acids is 1. The number of morpholine rings is 1. The van der Waals surface area contributed by atoms with Crippen molar-refractivity contribution in [1.82, 2.24) is 15.1 Å². The van der Waals surface area contributed by atoms with Crippen molar-refractivity contribution < 1.29 is 9.53 Å². The van der Waals surface area contributed by atoms with Crippen LogP contribution >= 0.6 is 0 Å². The van der Waals surface area contributed by atoms with Crippen LogP contribution < -0.4 is 5.32 Å². The highest BCUT2D eigenvalue weighted by Gasteiger charge is 2.25. The van der Waals surface area contributed by atoms with Crippen molar-refractivity contribution >= 4 is 11.9 Å². The van der Waals surface area contributed by atoms with Gasteiger partial charge in [-0.15, -0.1) is 0 Å². The minimum atomic E-state index is 0.0453. The lowest BCUT2D eigenvalue weighted by atomic mass is 10.0. The largest absolute Gasteiger partial charge is 0.370 e. The molecule has 2 aromatic rings. The van der Waals surface area contributed by atoms with E-state index >= 15 is 0 Å². The summed E-state index contributed by atoms with van der Waals surface area (Å²) in [6.07, 6.45) is 3.49. The number of ether oxygens (including phenoxy) is 1. The van der Waals surface area contributed by atoms with Gasteiger partial charge >= 0.3 is 0 Å². The van der Waals surface area contributed by atoms with Gasteiger partial charge in [-0.25, -0.2) is 4.99 Å². The molecule has 2 aliphatic rings. The van der Waals surface area contributed by atoms with E-state index in [-0.39, 0.29) is 12.0 Å². The van der Waals surface area contributed by atoms with Gasteiger partial charge in [0.2, 0.25) is 0 Å². The Balaban J connectivity index is 1.41. The number of likely N-dealkylation sites (tertiary alicyclic amines) is 1. The number of rotatable bonds is 5. The maximum Gasteiger partial charge on any atom is 0.253 e. The number of guanidine groups is 1. The first kappa shape index (κ1) is 23.3. The maximum atomic E-state index is 12.7. The van der Waals surface area contributed by atoms with Gasteiger partial charge in [0.25, 0.3) is 5.91 Å². The van der Waals surface area contributed by atoms with Crippen LogP contribution in [0.25, 0.3) is 0 Å². The Morgan fingerprint density at radius 3 is 2.52 bits per heavy atom. The Hall–Kier alpha value is -2.86. The van der Waals surface area contributed by atoms with Crippen LogP contribution in [0.3, 0.4) is 0 Å². The number of nitrogens with one attached hydrogen (secondary N) is 1. The van der Waals surface area contributed by atoms with Gasteiger partial charge in [-0.2, -0.15) is 0 Å². The summed E-state index contributed by atoms with van der Waals surface area (Å²) in [5.74, 6) is 1.06. The number of piperidine rings is 1. The predicted octanol–water partition coefficient (Wildman–Crippen LogP) is 4.16. The molecule has 0 aliphatic carbocycles. The monoisotopic (exact) mass is 448 g/mol. The average Bonchev–Trinajstić information content (AvgIpc) is 2.87. The molecule has 0 saturated carbocycles. The van der Waals surface area contributed by atoms with Crippen LogP contribution in [-0.2, 0) is 11.3 Å². The zero-order valence-corrected chi connectivity index (χ0v) is 19.9. The minimum Gasteiger partial charge on any atom is -0.370 e. The van der Waals surface area contributed by atoms with Crippen LogP contribution in [0.2, 0.25) is 0 Å². The van der Waals surface area contributed by atoms with E-state index in [0.717, 1.165) is 62.7 Å². The number of aryl methyl sites for hydroxylation is 1. The van der Waals surface area contributed by atoms with Gasteiger partial charge in [-0.05, 0) is 61.9 Å². The Morgan fingerprint density at radius 2 is 1.79 bits per heavy atom. The SMILES string of the molecule is CCNC(=NCc1ccc(C(=O)N2CCCCC2)cc1)N1CCOC(c2ccccc2C)C1. The van der Waals surface area contributed by atoms with Crippen molar-refractivity contribution in [3.63, 3.8) is 0 Å². The molecule has 1 N–H and O–H groups in total. The molecule has 6 heteroatoms. The second-order valence-electron chi connectivity index (χ2n) is 8.88. The third-order valence-corrected chi connectivity index (χ3v) is 6.49. The number of hydrogen-bond acceptors (Lipinski definition) is 3. The molecule has 176 valence electrons. The van der Waals surface area contributed by atoms with E-state index in [0.29, 0.717) is 13.2 Å². The predicted molar refractivity (Wildman–Crippen MR) is 132 cm³/mol. The first-order valence-electron chi connectivity index (χ1n) is 12.2. The van der Waals surface area contributed by atoms with Crippen molar-refractivity contribution in [3.05, 3.63) is 70.8 Å². The third kappa shape index (κ3) is 5.93. The molecule has 33 heavy (non-hydrogen) atoms. The van der Waals surface area contributed by atoms with E-state index in [9.17, 15) is 4.79 Å². The van der Waals surface area contributed by atoms with E-state index in [1.54, 1.807) is 0 Å². The first-order valence-corrected chi connectivity index (χ1v) is 12.2. The van der Waals surface area contributed by atoms with Crippen molar-refractivity contribution in [3.8, 4) is 0 Å². The zero-order valence-electron chi connectivity index (χ0n) is 19.9. The van der Waals surface area contributed by atoms with Crippen LogP contribution in [0, 0.1) is 6.92 Å². The molecule has 2 saturated heterocycles. The summed E-state index contributed by atoms with van der Waals surface area (Å²) in [6, 6.07) is 16.4. The molecule has 0 spiro atoms. The van der Waals surface area contributed by atoms with E-state index < -0.39 is 0 Å². The highest BCUT2D eigenvalue weighted by molar-refractivity contribution is 5.94. The fraction of sp³-hybridized carbons (Fsp3) is 0.481. The maximum absolute atomic E-state index is 12.7. The second kappa shape index (κ2) is 11.3. The zero-order chi connectivity index (χ0) is 23.0. The molecular formula is C27H36N4O2. The molecule has 0 bridgehead atoms. The summed E-state index contributed by atoms with van der Waals surface area (Å²) >= 11 is 0. The molecule has 0 radical (unpaired) electrons. The molecule has 2 aliphatic heterocycles. The highest BCUT2D eigenvalue weighted by Crippen LogP contribution is 2.25. The molecule has 6 nitrogen and oxygen atoms in total. The molecule has 2 fully saturated rings. The molecule has 1 atom stereocenters. The summed E-state index contributed by atoms with van der Waals surface area (Å²) < 4.78 is 6.09. The van der Waals surface area contributed by atoms with Crippen LogP contribution in [0.4, 0.5) is 0 Å². The van der Waals surface area contributed by atoms with Crippen LogP contribution in [0.5, 0.6) is 0 Å². The van der Waals surface area contributed by atoms with Gasteiger partial charge in [-0.3, -0.25) is 4.79 Å².